The molecule has 0 bridgehead atoms. The lowest BCUT2D eigenvalue weighted by Gasteiger charge is -2.34. The number of nitrogens with two attached hydrogens (primary N) is 1. The van der Waals surface area contributed by atoms with Crippen molar-refractivity contribution in [3.05, 3.63) is 52.9 Å². The SMILES string of the molecule is Cc1cc(CN2CCN(C(=O)NCc3cccc(C(N)=O)c3)CC2)on1. The average molecular weight is 357 g/mol. The van der Waals surface area contributed by atoms with Gasteiger partial charge in [0, 0.05) is 44.4 Å². The van der Waals surface area contributed by atoms with E-state index in [2.05, 4.69) is 15.4 Å². The number of nitrogens with one attached hydrogen (secondary N) is 1. The number of hydrogen-bond acceptors (Lipinski definition) is 5. The van der Waals surface area contributed by atoms with E-state index in [-0.39, 0.29) is 6.03 Å². The van der Waals surface area contributed by atoms with Crippen LogP contribution < -0.4 is 11.1 Å². The lowest BCUT2D eigenvalue weighted by atomic mass is 10.1. The molecule has 0 unspecified atom stereocenters. The van der Waals surface area contributed by atoms with Crippen LogP contribution >= 0.6 is 0 Å². The van der Waals surface area contributed by atoms with Gasteiger partial charge in [-0.25, -0.2) is 4.79 Å². The van der Waals surface area contributed by atoms with Gasteiger partial charge in [-0.2, -0.15) is 0 Å². The zero-order chi connectivity index (χ0) is 18.5. The Kier molecular flexibility index (Phi) is 5.52. The van der Waals surface area contributed by atoms with Crippen LogP contribution in [0.5, 0.6) is 0 Å². The second-order valence-electron chi connectivity index (χ2n) is 6.42. The number of hydrogen-bond donors (Lipinski definition) is 2. The van der Waals surface area contributed by atoms with Crippen LogP contribution in [0.3, 0.4) is 0 Å². The average Bonchev–Trinajstić information content (AvgIpc) is 3.05. The summed E-state index contributed by atoms with van der Waals surface area (Å²) in [5.74, 6) is 0.367. The van der Waals surface area contributed by atoms with E-state index < -0.39 is 5.91 Å². The van der Waals surface area contributed by atoms with E-state index in [4.69, 9.17) is 10.3 Å². The van der Waals surface area contributed by atoms with Gasteiger partial charge in [-0.3, -0.25) is 9.69 Å². The molecule has 0 spiro atoms. The van der Waals surface area contributed by atoms with E-state index in [0.717, 1.165) is 30.1 Å². The minimum Gasteiger partial charge on any atom is -0.366 e. The number of nitrogens with zero attached hydrogens (tertiary/aromatic N) is 3. The summed E-state index contributed by atoms with van der Waals surface area (Å²) >= 11 is 0. The van der Waals surface area contributed by atoms with Gasteiger partial charge < -0.3 is 20.5 Å². The van der Waals surface area contributed by atoms with E-state index in [0.29, 0.717) is 31.7 Å². The largest absolute Gasteiger partial charge is 0.366 e. The third kappa shape index (κ3) is 4.60. The Balaban J connectivity index is 1.45. The molecule has 3 amide bonds. The molecule has 2 aromatic rings. The number of carbonyl (C=O) groups excluding carboxylic acids is 2. The molecular weight excluding hydrogens is 334 g/mol. The summed E-state index contributed by atoms with van der Waals surface area (Å²) in [5.41, 5.74) is 7.43. The van der Waals surface area contributed by atoms with Gasteiger partial charge in [0.2, 0.25) is 5.91 Å². The molecule has 2 heterocycles. The van der Waals surface area contributed by atoms with Gasteiger partial charge >= 0.3 is 6.03 Å². The van der Waals surface area contributed by atoms with E-state index in [1.165, 1.54) is 0 Å². The van der Waals surface area contributed by atoms with Crippen LogP contribution in [0.4, 0.5) is 4.79 Å². The van der Waals surface area contributed by atoms with Crippen LogP contribution in [0, 0.1) is 6.92 Å². The Morgan fingerprint density at radius 2 is 2.00 bits per heavy atom. The quantitative estimate of drug-likeness (QED) is 0.834. The molecule has 1 aliphatic rings. The first-order chi connectivity index (χ1) is 12.5. The molecule has 1 fully saturated rings. The summed E-state index contributed by atoms with van der Waals surface area (Å²) in [7, 11) is 0. The highest BCUT2D eigenvalue weighted by molar-refractivity contribution is 5.92. The van der Waals surface area contributed by atoms with E-state index in [9.17, 15) is 9.59 Å². The molecule has 0 radical (unpaired) electrons. The van der Waals surface area contributed by atoms with Crippen molar-refractivity contribution in [1.82, 2.24) is 20.3 Å². The fourth-order valence-corrected chi connectivity index (χ4v) is 2.94. The van der Waals surface area contributed by atoms with Crippen molar-refractivity contribution in [2.45, 2.75) is 20.0 Å². The van der Waals surface area contributed by atoms with Crippen molar-refractivity contribution in [1.29, 1.82) is 0 Å². The second kappa shape index (κ2) is 8.01. The summed E-state index contributed by atoms with van der Waals surface area (Å²) < 4.78 is 5.24. The second-order valence-corrected chi connectivity index (χ2v) is 6.42. The standard InChI is InChI=1S/C18H23N5O3/c1-13-9-16(26-21-13)12-22-5-7-23(8-6-22)18(25)20-11-14-3-2-4-15(10-14)17(19)24/h2-4,9-10H,5-8,11-12H2,1H3,(H2,19,24)(H,20,25). The number of piperazine rings is 1. The fraction of sp³-hybridized carbons (Fsp3) is 0.389. The van der Waals surface area contributed by atoms with Crippen molar-refractivity contribution >= 4 is 11.9 Å². The third-order valence-electron chi connectivity index (χ3n) is 4.37. The van der Waals surface area contributed by atoms with Gasteiger partial charge in [0.25, 0.3) is 0 Å². The lowest BCUT2D eigenvalue weighted by Crippen LogP contribution is -2.51. The Labute approximate surface area is 151 Å². The highest BCUT2D eigenvalue weighted by atomic mass is 16.5. The molecular formula is C18H23N5O3. The molecule has 26 heavy (non-hydrogen) atoms. The Hall–Kier alpha value is -2.87. The number of benzene rings is 1. The fourth-order valence-electron chi connectivity index (χ4n) is 2.94. The van der Waals surface area contributed by atoms with Crippen molar-refractivity contribution in [3.63, 3.8) is 0 Å². The maximum Gasteiger partial charge on any atom is 0.317 e. The van der Waals surface area contributed by atoms with E-state index in [1.807, 2.05) is 19.1 Å². The smallest absolute Gasteiger partial charge is 0.317 e. The van der Waals surface area contributed by atoms with Gasteiger partial charge in [0.05, 0.1) is 12.2 Å². The molecule has 0 saturated carbocycles. The summed E-state index contributed by atoms with van der Waals surface area (Å²) in [6.45, 7) is 5.83. The van der Waals surface area contributed by atoms with Gasteiger partial charge in [-0.1, -0.05) is 17.3 Å². The van der Waals surface area contributed by atoms with Gasteiger partial charge in [-0.15, -0.1) is 0 Å². The van der Waals surface area contributed by atoms with Crippen LogP contribution in [0.1, 0.15) is 27.4 Å². The molecule has 3 rings (SSSR count). The van der Waals surface area contributed by atoms with Crippen LogP contribution in [0.2, 0.25) is 0 Å². The third-order valence-corrected chi connectivity index (χ3v) is 4.37. The van der Waals surface area contributed by atoms with E-state index in [1.54, 1.807) is 23.1 Å². The van der Waals surface area contributed by atoms with E-state index >= 15 is 0 Å². The van der Waals surface area contributed by atoms with Crippen LogP contribution in [0.25, 0.3) is 0 Å². The first-order valence-corrected chi connectivity index (χ1v) is 8.57. The molecule has 1 aromatic heterocycles. The van der Waals surface area contributed by atoms with Crippen LogP contribution in [0.15, 0.2) is 34.9 Å². The zero-order valence-electron chi connectivity index (χ0n) is 14.8. The number of primary amides is 1. The minimum atomic E-state index is -0.476. The minimum absolute atomic E-state index is 0.107. The number of aromatic nitrogens is 1. The van der Waals surface area contributed by atoms with Crippen molar-refractivity contribution < 1.29 is 14.1 Å². The molecule has 1 saturated heterocycles. The Morgan fingerprint density at radius 3 is 2.65 bits per heavy atom. The number of amides is 3. The highest BCUT2D eigenvalue weighted by Crippen LogP contribution is 2.10. The molecule has 8 heteroatoms. The van der Waals surface area contributed by atoms with Crippen LogP contribution in [-0.4, -0.2) is 53.1 Å². The number of urea groups is 1. The summed E-state index contributed by atoms with van der Waals surface area (Å²) in [6.07, 6.45) is 0. The van der Waals surface area contributed by atoms with Gasteiger partial charge in [-0.05, 0) is 24.6 Å². The number of rotatable bonds is 5. The molecule has 8 nitrogen and oxygen atoms in total. The molecule has 1 aromatic carbocycles. The summed E-state index contributed by atoms with van der Waals surface area (Å²) in [4.78, 5) is 27.6. The Morgan fingerprint density at radius 1 is 1.23 bits per heavy atom. The van der Waals surface area contributed by atoms with Crippen molar-refractivity contribution in [2.24, 2.45) is 5.73 Å². The maximum atomic E-state index is 12.3. The van der Waals surface area contributed by atoms with Crippen molar-refractivity contribution in [2.75, 3.05) is 26.2 Å². The summed E-state index contributed by atoms with van der Waals surface area (Å²) in [5, 5.41) is 6.78. The molecule has 3 N–H and O–H groups in total. The Bertz CT molecular complexity index is 781. The predicted molar refractivity (Wildman–Crippen MR) is 95.3 cm³/mol. The normalized spacial score (nSPS) is 15.0. The highest BCUT2D eigenvalue weighted by Gasteiger charge is 2.21. The molecule has 138 valence electrons. The maximum absolute atomic E-state index is 12.3. The van der Waals surface area contributed by atoms with Gasteiger partial charge in [0.1, 0.15) is 0 Å². The molecule has 1 aliphatic heterocycles. The van der Waals surface area contributed by atoms with Gasteiger partial charge in [0.15, 0.2) is 5.76 Å². The summed E-state index contributed by atoms with van der Waals surface area (Å²) in [6, 6.07) is 8.78. The number of carbonyl (C=O) groups is 2. The zero-order valence-corrected chi connectivity index (χ0v) is 14.8. The van der Waals surface area contributed by atoms with Crippen molar-refractivity contribution in [3.8, 4) is 0 Å². The lowest BCUT2D eigenvalue weighted by molar-refractivity contribution is 0.1000. The van der Waals surface area contributed by atoms with Crippen LogP contribution in [-0.2, 0) is 13.1 Å². The molecule has 0 aliphatic carbocycles. The first-order valence-electron chi connectivity index (χ1n) is 8.57. The monoisotopic (exact) mass is 357 g/mol. The predicted octanol–water partition coefficient (Wildman–Crippen LogP) is 1.11. The molecule has 0 atom stereocenters. The first kappa shape index (κ1) is 17.9. The number of aryl methyl sites for hydroxylation is 1. The topological polar surface area (TPSA) is 105 Å².